The van der Waals surface area contributed by atoms with Crippen LogP contribution in [0, 0.1) is 0 Å². The highest BCUT2D eigenvalue weighted by molar-refractivity contribution is 7.64. The van der Waals surface area contributed by atoms with Gasteiger partial charge in [-0.2, -0.15) is 0 Å². The Morgan fingerprint density at radius 3 is 2.27 bits per heavy atom. The highest BCUT2D eigenvalue weighted by Crippen LogP contribution is 2.31. The first-order chi connectivity index (χ1) is 5.13. The Labute approximate surface area is 78.3 Å². The van der Waals surface area contributed by atoms with Crippen molar-refractivity contribution in [1.29, 1.82) is 0 Å². The zero-order valence-corrected chi connectivity index (χ0v) is 8.84. The topological polar surface area (TPSA) is 0 Å². The molecule has 0 fully saturated rings. The number of hydrogen-bond acceptors (Lipinski definition) is 0. The minimum absolute atomic E-state index is 0.149. The molecule has 0 amide bonds. The molecule has 3 heteroatoms. The van der Waals surface area contributed by atoms with Gasteiger partial charge in [0.1, 0.15) is 0 Å². The monoisotopic (exact) mass is 206 g/mol. The molecule has 0 nitrogen and oxygen atoms in total. The van der Waals surface area contributed by atoms with Crippen molar-refractivity contribution < 1.29 is 0 Å². The average Bonchev–Trinajstić information content (AvgIpc) is 1.94. The van der Waals surface area contributed by atoms with Gasteiger partial charge in [0.15, 0.2) is 0 Å². The minimum atomic E-state index is -0.149. The van der Waals surface area contributed by atoms with Gasteiger partial charge in [-0.1, -0.05) is 43.3 Å². The lowest BCUT2D eigenvalue weighted by molar-refractivity contribution is 1.76. The summed E-state index contributed by atoms with van der Waals surface area (Å²) in [6, 6.07) is 5.78. The number of hydrogen-bond donors (Lipinski definition) is 0. The van der Waals surface area contributed by atoms with Gasteiger partial charge in [0.25, 0.3) is 0 Å². The summed E-state index contributed by atoms with van der Waals surface area (Å²) in [7, 11) is -0.149. The molecular weight excluding hydrogens is 198 g/mol. The maximum Gasteiger partial charge on any atom is 0.0668 e. The van der Waals surface area contributed by atoms with E-state index in [0.29, 0.717) is 10.0 Å². The molecular formula is C8H9Cl2P. The van der Waals surface area contributed by atoms with E-state index in [1.54, 1.807) is 0 Å². The van der Waals surface area contributed by atoms with Crippen molar-refractivity contribution in [3.63, 3.8) is 0 Å². The van der Waals surface area contributed by atoms with Gasteiger partial charge < -0.3 is 0 Å². The molecule has 0 aliphatic heterocycles. The van der Waals surface area contributed by atoms with Gasteiger partial charge in [-0.05, 0) is 24.7 Å². The van der Waals surface area contributed by atoms with Gasteiger partial charge in [0.2, 0.25) is 0 Å². The third-order valence-electron chi connectivity index (χ3n) is 1.41. The van der Waals surface area contributed by atoms with Crippen LogP contribution < -0.4 is 5.30 Å². The first-order valence-corrected chi connectivity index (χ1v) is 6.23. The molecule has 0 saturated carbocycles. The van der Waals surface area contributed by atoms with Crippen molar-refractivity contribution in [3.05, 3.63) is 28.2 Å². The molecule has 0 saturated heterocycles. The van der Waals surface area contributed by atoms with Crippen LogP contribution in [-0.2, 0) is 0 Å². The molecule has 0 aliphatic rings. The second-order valence-corrected chi connectivity index (χ2v) is 5.52. The normalized spacial score (nSPS) is 10.6. The fourth-order valence-corrected chi connectivity index (χ4v) is 2.61. The Balaban J connectivity index is 3.17. The Hall–Kier alpha value is 0.230. The summed E-state index contributed by atoms with van der Waals surface area (Å²) >= 11 is 11.8. The van der Waals surface area contributed by atoms with Crippen LogP contribution >= 0.6 is 31.1 Å². The smallest absolute Gasteiger partial charge is 0.0668 e. The minimum Gasteiger partial charge on any atom is -0.0827 e. The average molecular weight is 207 g/mol. The first-order valence-electron chi connectivity index (χ1n) is 3.24. The third kappa shape index (κ3) is 2.08. The van der Waals surface area contributed by atoms with Crippen molar-refractivity contribution in [2.24, 2.45) is 0 Å². The molecule has 0 atom stereocenters. The zero-order valence-electron chi connectivity index (χ0n) is 6.44. The molecule has 1 rings (SSSR count). The molecule has 0 radical (unpaired) electrons. The molecule has 0 N–H and O–H groups in total. The Morgan fingerprint density at radius 1 is 1.18 bits per heavy atom. The van der Waals surface area contributed by atoms with Crippen LogP contribution in [0.15, 0.2) is 18.2 Å². The van der Waals surface area contributed by atoms with E-state index in [2.05, 4.69) is 13.3 Å². The van der Waals surface area contributed by atoms with Gasteiger partial charge in [-0.15, -0.1) is 0 Å². The van der Waals surface area contributed by atoms with Crippen molar-refractivity contribution in [2.75, 3.05) is 13.3 Å². The van der Waals surface area contributed by atoms with E-state index < -0.39 is 0 Å². The quantitative estimate of drug-likeness (QED) is 0.619. The summed E-state index contributed by atoms with van der Waals surface area (Å²) in [4.78, 5) is 0. The van der Waals surface area contributed by atoms with E-state index in [1.165, 1.54) is 5.30 Å². The summed E-state index contributed by atoms with van der Waals surface area (Å²) in [6.45, 7) is 4.32. The van der Waals surface area contributed by atoms with Crippen LogP contribution in [0.1, 0.15) is 0 Å². The third-order valence-corrected chi connectivity index (χ3v) is 3.70. The SMILES string of the molecule is CP(C)c1cccc(Cl)c1Cl. The largest absolute Gasteiger partial charge is 0.0827 e. The van der Waals surface area contributed by atoms with Crippen LogP contribution in [0.25, 0.3) is 0 Å². The van der Waals surface area contributed by atoms with Crippen LogP contribution in [0.5, 0.6) is 0 Å². The fourth-order valence-electron chi connectivity index (χ4n) is 0.838. The standard InChI is InChI=1S/C8H9Cl2P/c1-11(2)7-5-3-4-6(9)8(7)10/h3-5H,1-2H3. The Bertz CT molecular complexity index is 258. The molecule has 0 aliphatic carbocycles. The van der Waals surface area contributed by atoms with E-state index in [9.17, 15) is 0 Å². The summed E-state index contributed by atoms with van der Waals surface area (Å²) in [5.41, 5.74) is 0. The second-order valence-electron chi connectivity index (χ2n) is 2.47. The lowest BCUT2D eigenvalue weighted by Gasteiger charge is -2.08. The first kappa shape index (κ1) is 9.32. The van der Waals surface area contributed by atoms with Gasteiger partial charge in [-0.3, -0.25) is 0 Å². The number of halogens is 2. The van der Waals surface area contributed by atoms with Gasteiger partial charge in [-0.25, -0.2) is 0 Å². The molecule has 60 valence electrons. The highest BCUT2D eigenvalue weighted by Gasteiger charge is 2.06. The molecule has 0 unspecified atom stereocenters. The fraction of sp³-hybridized carbons (Fsp3) is 0.250. The molecule has 1 aromatic carbocycles. The summed E-state index contributed by atoms with van der Waals surface area (Å²) in [5, 5.41) is 2.54. The number of benzene rings is 1. The van der Waals surface area contributed by atoms with Crippen LogP contribution in [0.2, 0.25) is 10.0 Å². The molecule has 11 heavy (non-hydrogen) atoms. The Kier molecular flexibility index (Phi) is 3.18. The van der Waals surface area contributed by atoms with Gasteiger partial charge in [0.05, 0.1) is 10.0 Å². The predicted molar refractivity (Wildman–Crippen MR) is 54.9 cm³/mol. The van der Waals surface area contributed by atoms with Crippen LogP contribution in [0.4, 0.5) is 0 Å². The van der Waals surface area contributed by atoms with Gasteiger partial charge in [0, 0.05) is 0 Å². The molecule has 1 aromatic rings. The van der Waals surface area contributed by atoms with Gasteiger partial charge >= 0.3 is 0 Å². The maximum absolute atomic E-state index is 5.97. The second kappa shape index (κ2) is 3.76. The van der Waals surface area contributed by atoms with Crippen molar-refractivity contribution >= 4 is 36.4 Å². The Morgan fingerprint density at radius 2 is 1.82 bits per heavy atom. The lowest BCUT2D eigenvalue weighted by atomic mass is 10.4. The lowest BCUT2D eigenvalue weighted by Crippen LogP contribution is -2.00. The highest BCUT2D eigenvalue weighted by atomic mass is 35.5. The summed E-state index contributed by atoms with van der Waals surface area (Å²) in [5.74, 6) is 0. The van der Waals surface area contributed by atoms with E-state index in [4.69, 9.17) is 23.2 Å². The van der Waals surface area contributed by atoms with Crippen LogP contribution in [-0.4, -0.2) is 13.3 Å². The number of rotatable bonds is 1. The van der Waals surface area contributed by atoms with Crippen molar-refractivity contribution in [1.82, 2.24) is 0 Å². The zero-order chi connectivity index (χ0) is 8.43. The summed E-state index contributed by atoms with van der Waals surface area (Å²) in [6.07, 6.45) is 0. The van der Waals surface area contributed by atoms with E-state index >= 15 is 0 Å². The van der Waals surface area contributed by atoms with E-state index in [0.717, 1.165) is 0 Å². The van der Waals surface area contributed by atoms with Crippen molar-refractivity contribution in [2.45, 2.75) is 0 Å². The summed E-state index contributed by atoms with van der Waals surface area (Å²) < 4.78 is 0. The van der Waals surface area contributed by atoms with Crippen molar-refractivity contribution in [3.8, 4) is 0 Å². The maximum atomic E-state index is 5.97. The predicted octanol–water partition coefficient (Wildman–Crippen LogP) is 3.36. The molecule has 0 heterocycles. The van der Waals surface area contributed by atoms with E-state index in [-0.39, 0.29) is 7.92 Å². The molecule has 0 spiro atoms. The molecule has 0 bridgehead atoms. The van der Waals surface area contributed by atoms with E-state index in [1.807, 2.05) is 18.2 Å². The van der Waals surface area contributed by atoms with Crippen LogP contribution in [0.3, 0.4) is 0 Å². The molecule has 0 aromatic heterocycles.